The van der Waals surface area contributed by atoms with E-state index in [-0.39, 0.29) is 47.6 Å². The van der Waals surface area contributed by atoms with E-state index < -0.39 is 45.9 Å². The van der Waals surface area contributed by atoms with E-state index in [1.807, 2.05) is 13.8 Å². The molecule has 0 bridgehead atoms. The number of rotatable bonds is 11. The minimum absolute atomic E-state index is 0.0263. The lowest BCUT2D eigenvalue weighted by Gasteiger charge is -2.63. The average molecular weight is 729 g/mol. The Kier molecular flexibility index (Phi) is 10.5. The van der Waals surface area contributed by atoms with Gasteiger partial charge in [0.05, 0.1) is 35.7 Å². The number of hydrogen-bond acceptors (Lipinski definition) is 9. The zero-order valence-corrected chi connectivity index (χ0v) is 32.9. The quantitative estimate of drug-likeness (QED) is 0.143. The molecule has 15 atom stereocenters. The van der Waals surface area contributed by atoms with E-state index in [2.05, 4.69) is 19.2 Å². The minimum atomic E-state index is -1.39. The third kappa shape index (κ3) is 6.31. The Morgan fingerprint density at radius 2 is 1.67 bits per heavy atom. The summed E-state index contributed by atoms with van der Waals surface area (Å²) in [5, 5.41) is 62.7. The maximum Gasteiger partial charge on any atom is 0.159 e. The molecule has 7 rings (SSSR count). The highest BCUT2D eigenvalue weighted by atomic mass is 16.6. The molecule has 2 unspecified atom stereocenters. The van der Waals surface area contributed by atoms with Gasteiger partial charge >= 0.3 is 0 Å². The lowest BCUT2D eigenvalue weighted by atomic mass is 9.42. The molecule has 8 N–H and O–H groups in total. The average Bonchev–Trinajstić information content (AvgIpc) is 3.88. The fourth-order valence-corrected chi connectivity index (χ4v) is 13.7. The van der Waals surface area contributed by atoms with Crippen molar-refractivity contribution in [3.8, 4) is 0 Å². The summed E-state index contributed by atoms with van der Waals surface area (Å²) in [4.78, 5) is 14.0. The molecule has 2 saturated heterocycles. The third-order valence-electron chi connectivity index (χ3n) is 17.4. The first kappa shape index (κ1) is 39.3. The number of fused-ring (bicyclic) bond motifs is 5. The standard InChI is InChI=1S/C43H72N2O7/c1-38(25-46,17-13-27-16-20-45-34(44)21-27)42(5,50)37-36(52-37)41(4,49)33-15-19-43(51)31-23-32(48)30-22-29(47)14-18-39(30,2)35(31)28(24-40(33,43)3)12-11-26-9-7-6-8-10-26/h23,26-30,33-37,45-47,49-51H,6-22,24-25,44H2,1-5H3/t27?,28-,29+,30+,33+,34?,35+,36-,37+,38+,39+,40+,41-,42+,43-/m1/s1. The van der Waals surface area contributed by atoms with E-state index in [4.69, 9.17) is 10.5 Å². The number of aliphatic hydroxyl groups excluding tert-OH is 2. The van der Waals surface area contributed by atoms with Crippen LogP contribution in [0, 0.1) is 51.8 Å². The van der Waals surface area contributed by atoms with Gasteiger partial charge in [0.25, 0.3) is 0 Å². The number of nitrogens with two attached hydrogens (primary N) is 1. The van der Waals surface area contributed by atoms with Crippen molar-refractivity contribution in [1.82, 2.24) is 5.32 Å². The van der Waals surface area contributed by atoms with Crippen LogP contribution in [0.2, 0.25) is 0 Å². The number of nitrogens with one attached hydrogen (secondary N) is 1. The maximum absolute atomic E-state index is 14.0. The van der Waals surface area contributed by atoms with Crippen molar-refractivity contribution < 1.29 is 35.1 Å². The summed E-state index contributed by atoms with van der Waals surface area (Å²) in [6.07, 6.45) is 15.8. The number of ketones is 1. The van der Waals surface area contributed by atoms with Crippen LogP contribution in [0.15, 0.2) is 11.6 Å². The Morgan fingerprint density at radius 1 is 0.942 bits per heavy atom. The molecule has 0 aromatic rings. The van der Waals surface area contributed by atoms with Gasteiger partial charge in [-0.2, -0.15) is 0 Å². The number of carbonyl (C=O) groups is 1. The molecule has 0 amide bonds. The van der Waals surface area contributed by atoms with Crippen LogP contribution < -0.4 is 11.1 Å². The first-order valence-electron chi connectivity index (χ1n) is 21.3. The summed E-state index contributed by atoms with van der Waals surface area (Å²) >= 11 is 0. The van der Waals surface area contributed by atoms with Gasteiger partial charge in [0.1, 0.15) is 12.2 Å². The normalized spacial score (nSPS) is 47.2. The second-order valence-electron chi connectivity index (χ2n) is 20.4. The van der Waals surface area contributed by atoms with Crippen LogP contribution in [-0.4, -0.2) is 85.7 Å². The number of aliphatic hydroxyl groups is 5. The minimum Gasteiger partial charge on any atom is -0.396 e. The van der Waals surface area contributed by atoms with Gasteiger partial charge in [-0.1, -0.05) is 59.3 Å². The van der Waals surface area contributed by atoms with E-state index in [1.165, 1.54) is 32.1 Å². The Bertz CT molecular complexity index is 1360. The molecule has 5 aliphatic carbocycles. The third-order valence-corrected chi connectivity index (χ3v) is 17.4. The highest BCUT2D eigenvalue weighted by Crippen LogP contribution is 2.71. The molecule has 0 aromatic carbocycles. The SMILES string of the molecule is C[C@](O)([C@@H]1O[C@@H]1[C@](C)(O)[C@](C)(CO)CCC1CCNC(N)C1)[C@H]1CC[C@@]2(O)C3=CC(=O)[C@@H]4C[C@@H](O)CC[C@]4(C)[C@H]3[C@H](CCC3CCCCC3)C[C@@]12C. The molecule has 0 aromatic heterocycles. The van der Waals surface area contributed by atoms with Gasteiger partial charge in [0.15, 0.2) is 5.78 Å². The van der Waals surface area contributed by atoms with Gasteiger partial charge in [0, 0.05) is 16.7 Å². The van der Waals surface area contributed by atoms with Crippen LogP contribution in [-0.2, 0) is 9.53 Å². The highest BCUT2D eigenvalue weighted by molar-refractivity contribution is 5.95. The highest BCUT2D eigenvalue weighted by Gasteiger charge is 2.74. The number of ether oxygens (including phenoxy) is 1. The second kappa shape index (κ2) is 13.9. The molecule has 0 radical (unpaired) electrons. The first-order valence-corrected chi connectivity index (χ1v) is 21.3. The molecule has 2 heterocycles. The van der Waals surface area contributed by atoms with E-state index in [1.54, 1.807) is 13.0 Å². The van der Waals surface area contributed by atoms with Gasteiger partial charge < -0.3 is 41.3 Å². The topological polar surface area (TPSA) is 169 Å². The van der Waals surface area contributed by atoms with E-state index in [0.29, 0.717) is 38.0 Å². The molecule has 7 aliphatic rings. The van der Waals surface area contributed by atoms with Gasteiger partial charge in [-0.3, -0.25) is 4.79 Å². The van der Waals surface area contributed by atoms with Crippen molar-refractivity contribution in [2.75, 3.05) is 13.2 Å². The predicted molar refractivity (Wildman–Crippen MR) is 201 cm³/mol. The zero-order chi connectivity index (χ0) is 37.5. The van der Waals surface area contributed by atoms with Gasteiger partial charge in [0.2, 0.25) is 0 Å². The molecule has 296 valence electrons. The van der Waals surface area contributed by atoms with Crippen molar-refractivity contribution in [3.63, 3.8) is 0 Å². The number of allylic oxidation sites excluding steroid dienone is 1. The fraction of sp³-hybridized carbons (Fsp3) is 0.930. The largest absolute Gasteiger partial charge is 0.396 e. The number of piperidine rings is 1. The summed E-state index contributed by atoms with van der Waals surface area (Å²) in [5.41, 5.74) is 1.21. The molecule has 52 heavy (non-hydrogen) atoms. The lowest BCUT2D eigenvalue weighted by molar-refractivity contribution is -0.166. The second-order valence-corrected chi connectivity index (χ2v) is 20.4. The van der Waals surface area contributed by atoms with Gasteiger partial charge in [-0.25, -0.2) is 0 Å². The molecule has 9 heteroatoms. The van der Waals surface area contributed by atoms with Crippen LogP contribution in [0.4, 0.5) is 0 Å². The monoisotopic (exact) mass is 729 g/mol. The zero-order valence-electron chi connectivity index (χ0n) is 32.9. The Hall–Kier alpha value is -0.910. The van der Waals surface area contributed by atoms with Crippen molar-refractivity contribution in [1.29, 1.82) is 0 Å². The van der Waals surface area contributed by atoms with Gasteiger partial charge in [-0.05, 0) is 138 Å². The molecule has 4 saturated carbocycles. The van der Waals surface area contributed by atoms with Crippen LogP contribution in [0.5, 0.6) is 0 Å². The summed E-state index contributed by atoms with van der Waals surface area (Å²) in [5.74, 6) is 0.957. The van der Waals surface area contributed by atoms with E-state index >= 15 is 0 Å². The Balaban J connectivity index is 1.16. The van der Waals surface area contributed by atoms with Crippen molar-refractivity contribution in [3.05, 3.63) is 11.6 Å². The smallest absolute Gasteiger partial charge is 0.159 e. The molecule has 9 nitrogen and oxygen atoms in total. The van der Waals surface area contributed by atoms with Crippen LogP contribution >= 0.6 is 0 Å². The predicted octanol–water partition coefficient (Wildman–Crippen LogP) is 5.14. The fourth-order valence-electron chi connectivity index (χ4n) is 13.7. The number of epoxide rings is 1. The van der Waals surface area contributed by atoms with Crippen LogP contribution in [0.3, 0.4) is 0 Å². The first-order chi connectivity index (χ1) is 24.4. The van der Waals surface area contributed by atoms with Crippen LogP contribution in [0.25, 0.3) is 0 Å². The van der Waals surface area contributed by atoms with E-state index in [9.17, 15) is 30.3 Å². The number of carbonyl (C=O) groups excluding carboxylic acids is 1. The maximum atomic E-state index is 14.0. The summed E-state index contributed by atoms with van der Waals surface area (Å²) in [6.45, 7) is 10.6. The molecule has 6 fully saturated rings. The number of hydrogen-bond donors (Lipinski definition) is 7. The Morgan fingerprint density at radius 3 is 2.37 bits per heavy atom. The van der Waals surface area contributed by atoms with Crippen LogP contribution in [0.1, 0.15) is 144 Å². The molecular weight excluding hydrogens is 656 g/mol. The van der Waals surface area contributed by atoms with Gasteiger partial charge in [-0.15, -0.1) is 0 Å². The van der Waals surface area contributed by atoms with Crippen molar-refractivity contribution in [2.24, 2.45) is 57.5 Å². The van der Waals surface area contributed by atoms with Crippen molar-refractivity contribution in [2.45, 2.75) is 185 Å². The van der Waals surface area contributed by atoms with Crippen molar-refractivity contribution >= 4 is 5.78 Å². The summed E-state index contributed by atoms with van der Waals surface area (Å²) in [6, 6.07) is 0. The molecule has 2 aliphatic heterocycles. The Labute approximate surface area is 312 Å². The van der Waals surface area contributed by atoms with E-state index in [0.717, 1.165) is 63.0 Å². The molecular formula is C43H72N2O7. The summed E-state index contributed by atoms with van der Waals surface area (Å²) in [7, 11) is 0. The molecule has 0 spiro atoms. The lowest BCUT2D eigenvalue weighted by Crippen LogP contribution is -2.64. The summed E-state index contributed by atoms with van der Waals surface area (Å²) < 4.78 is 6.33.